The zero-order valence-electron chi connectivity index (χ0n) is 14.7. The normalized spacial score (nSPS) is 14.5. The minimum Gasteiger partial charge on any atom is -0.445 e. The van der Waals surface area contributed by atoms with Gasteiger partial charge in [-0.3, -0.25) is 10.1 Å². The van der Waals surface area contributed by atoms with Crippen molar-refractivity contribution in [3.63, 3.8) is 0 Å². The third kappa shape index (κ3) is 3.60. The van der Waals surface area contributed by atoms with Gasteiger partial charge in [-0.05, 0) is 46.5 Å². The first-order chi connectivity index (χ1) is 13.6. The summed E-state index contributed by atoms with van der Waals surface area (Å²) in [7, 11) is 0. The van der Waals surface area contributed by atoms with Gasteiger partial charge in [0.15, 0.2) is 5.75 Å². The van der Waals surface area contributed by atoms with Crippen LogP contribution in [-0.4, -0.2) is 16.5 Å². The lowest BCUT2D eigenvalue weighted by atomic mass is 9.95. The fourth-order valence-electron chi connectivity index (χ4n) is 3.04. The Morgan fingerprint density at radius 3 is 2.68 bits per heavy atom. The number of pyridine rings is 1. The molecule has 0 radical (unpaired) electrons. The molecule has 1 aliphatic heterocycles. The van der Waals surface area contributed by atoms with E-state index in [1.165, 1.54) is 24.4 Å². The SMILES string of the molecule is O=[N+]([O-])c1cc2c(cc1Oc1cccnc1F)/C(=C/c1ccccc1)COC2. The number of nitrogens with zero attached hydrogens (tertiary/aromatic N) is 2. The topological polar surface area (TPSA) is 74.5 Å². The summed E-state index contributed by atoms with van der Waals surface area (Å²) in [6, 6.07) is 15.5. The highest BCUT2D eigenvalue weighted by molar-refractivity contribution is 5.85. The van der Waals surface area contributed by atoms with Crippen LogP contribution in [0.2, 0.25) is 0 Å². The molecule has 0 aliphatic carbocycles. The third-order valence-corrected chi connectivity index (χ3v) is 4.33. The van der Waals surface area contributed by atoms with Crippen LogP contribution in [0.1, 0.15) is 16.7 Å². The van der Waals surface area contributed by atoms with Crippen molar-refractivity contribution in [2.75, 3.05) is 6.61 Å². The van der Waals surface area contributed by atoms with E-state index >= 15 is 0 Å². The van der Waals surface area contributed by atoms with Crippen LogP contribution in [0.15, 0.2) is 60.8 Å². The van der Waals surface area contributed by atoms with Gasteiger partial charge in [-0.1, -0.05) is 30.3 Å². The van der Waals surface area contributed by atoms with Gasteiger partial charge in [-0.25, -0.2) is 4.98 Å². The molecule has 140 valence electrons. The summed E-state index contributed by atoms with van der Waals surface area (Å²) < 4.78 is 25.0. The molecule has 0 fully saturated rings. The highest BCUT2D eigenvalue weighted by Crippen LogP contribution is 2.39. The van der Waals surface area contributed by atoms with E-state index in [-0.39, 0.29) is 23.8 Å². The average molecular weight is 378 g/mol. The molecule has 0 bridgehead atoms. The van der Waals surface area contributed by atoms with Gasteiger partial charge in [0.2, 0.25) is 5.75 Å². The summed E-state index contributed by atoms with van der Waals surface area (Å²) in [6.45, 7) is 0.615. The van der Waals surface area contributed by atoms with Gasteiger partial charge in [0, 0.05) is 12.3 Å². The van der Waals surface area contributed by atoms with Crippen molar-refractivity contribution in [3.05, 3.63) is 93.5 Å². The summed E-state index contributed by atoms with van der Waals surface area (Å²) in [4.78, 5) is 14.5. The monoisotopic (exact) mass is 378 g/mol. The molecule has 4 rings (SSSR count). The highest BCUT2D eigenvalue weighted by Gasteiger charge is 2.25. The number of rotatable bonds is 4. The molecule has 2 aromatic carbocycles. The predicted octanol–water partition coefficient (Wildman–Crippen LogP) is 4.99. The Hall–Kier alpha value is -3.58. The van der Waals surface area contributed by atoms with E-state index in [0.29, 0.717) is 12.2 Å². The smallest absolute Gasteiger partial charge is 0.311 e. The van der Waals surface area contributed by atoms with E-state index in [9.17, 15) is 14.5 Å². The molecule has 3 aromatic rings. The van der Waals surface area contributed by atoms with E-state index in [4.69, 9.17) is 9.47 Å². The van der Waals surface area contributed by atoms with Gasteiger partial charge in [-0.2, -0.15) is 4.39 Å². The fraction of sp³-hybridized carbons (Fsp3) is 0.0952. The van der Waals surface area contributed by atoms with Crippen molar-refractivity contribution in [2.24, 2.45) is 0 Å². The number of hydrogen-bond donors (Lipinski definition) is 0. The first-order valence-corrected chi connectivity index (χ1v) is 8.55. The first kappa shape index (κ1) is 17.8. The molecule has 7 heteroatoms. The van der Waals surface area contributed by atoms with E-state index in [2.05, 4.69) is 4.98 Å². The first-order valence-electron chi connectivity index (χ1n) is 8.55. The van der Waals surface area contributed by atoms with E-state index in [1.54, 1.807) is 6.07 Å². The molecule has 2 heterocycles. The van der Waals surface area contributed by atoms with Crippen molar-refractivity contribution >= 4 is 17.3 Å². The lowest BCUT2D eigenvalue weighted by molar-refractivity contribution is -0.385. The second-order valence-corrected chi connectivity index (χ2v) is 6.20. The number of halogens is 1. The number of ether oxygens (including phenoxy) is 2. The molecule has 1 aromatic heterocycles. The molecule has 0 N–H and O–H groups in total. The second kappa shape index (κ2) is 7.58. The van der Waals surface area contributed by atoms with Crippen molar-refractivity contribution < 1.29 is 18.8 Å². The number of nitro benzene ring substituents is 1. The van der Waals surface area contributed by atoms with E-state index < -0.39 is 10.9 Å². The highest BCUT2D eigenvalue weighted by atomic mass is 19.1. The molecular weight excluding hydrogens is 363 g/mol. The van der Waals surface area contributed by atoms with Crippen LogP contribution in [0.5, 0.6) is 11.5 Å². The number of fused-ring (bicyclic) bond motifs is 1. The minimum absolute atomic E-state index is 0.0449. The van der Waals surface area contributed by atoms with Crippen molar-refractivity contribution in [3.8, 4) is 11.5 Å². The molecule has 0 unspecified atom stereocenters. The van der Waals surface area contributed by atoms with Crippen LogP contribution in [0.4, 0.5) is 10.1 Å². The van der Waals surface area contributed by atoms with Crippen LogP contribution >= 0.6 is 0 Å². The summed E-state index contributed by atoms with van der Waals surface area (Å²) in [5.41, 5.74) is 3.04. The lowest BCUT2D eigenvalue weighted by Crippen LogP contribution is -2.10. The number of nitro groups is 1. The van der Waals surface area contributed by atoms with Gasteiger partial charge in [0.25, 0.3) is 5.95 Å². The van der Waals surface area contributed by atoms with Crippen molar-refractivity contribution in [1.82, 2.24) is 4.98 Å². The number of aromatic nitrogens is 1. The Labute approximate surface area is 160 Å². The van der Waals surface area contributed by atoms with E-state index in [1.807, 2.05) is 36.4 Å². The quantitative estimate of drug-likeness (QED) is 0.363. The molecule has 1 aliphatic rings. The number of hydrogen-bond acceptors (Lipinski definition) is 5. The van der Waals surface area contributed by atoms with Gasteiger partial charge >= 0.3 is 5.69 Å². The summed E-state index contributed by atoms with van der Waals surface area (Å²) in [6.07, 6.45) is 3.24. The Bertz CT molecular complexity index is 1070. The maximum Gasteiger partial charge on any atom is 0.311 e. The molecule has 6 nitrogen and oxygen atoms in total. The Balaban J connectivity index is 1.81. The van der Waals surface area contributed by atoms with Crippen LogP contribution < -0.4 is 4.74 Å². The third-order valence-electron chi connectivity index (χ3n) is 4.33. The van der Waals surface area contributed by atoms with Gasteiger partial charge in [0.1, 0.15) is 0 Å². The largest absolute Gasteiger partial charge is 0.445 e. The van der Waals surface area contributed by atoms with Gasteiger partial charge < -0.3 is 9.47 Å². The molecule has 0 saturated carbocycles. The summed E-state index contributed by atoms with van der Waals surface area (Å²) in [5.74, 6) is -1.05. The summed E-state index contributed by atoms with van der Waals surface area (Å²) >= 11 is 0. The fourth-order valence-corrected chi connectivity index (χ4v) is 3.04. The molecule has 28 heavy (non-hydrogen) atoms. The zero-order chi connectivity index (χ0) is 19.5. The van der Waals surface area contributed by atoms with Gasteiger partial charge in [-0.15, -0.1) is 0 Å². The average Bonchev–Trinajstić information content (AvgIpc) is 2.70. The van der Waals surface area contributed by atoms with Crippen molar-refractivity contribution in [1.29, 1.82) is 0 Å². The Morgan fingerprint density at radius 1 is 1.11 bits per heavy atom. The molecular formula is C21H15FN2O4. The second-order valence-electron chi connectivity index (χ2n) is 6.20. The van der Waals surface area contributed by atoms with Crippen LogP contribution in [0.3, 0.4) is 0 Å². The molecule has 0 spiro atoms. The molecule has 0 saturated heterocycles. The van der Waals surface area contributed by atoms with E-state index in [0.717, 1.165) is 16.7 Å². The van der Waals surface area contributed by atoms with Gasteiger partial charge in [0.05, 0.1) is 18.1 Å². The van der Waals surface area contributed by atoms with Crippen LogP contribution in [0, 0.1) is 16.1 Å². The minimum atomic E-state index is -0.835. The van der Waals surface area contributed by atoms with Crippen LogP contribution in [-0.2, 0) is 11.3 Å². The molecule has 0 atom stereocenters. The standard InChI is InChI=1S/C21H15FN2O4/c22-21-19(7-4-8-23-21)28-20-11-17-15(9-14-5-2-1-3-6-14)12-27-13-16(17)10-18(20)24(25)26/h1-11H,12-13H2/b15-9+. The predicted molar refractivity (Wildman–Crippen MR) is 101 cm³/mol. The maximum atomic E-state index is 13.9. The zero-order valence-corrected chi connectivity index (χ0v) is 14.7. The number of benzene rings is 2. The Morgan fingerprint density at radius 2 is 1.93 bits per heavy atom. The maximum absolute atomic E-state index is 13.9. The summed E-state index contributed by atoms with van der Waals surface area (Å²) in [5, 5.41) is 11.5. The van der Waals surface area contributed by atoms with Crippen molar-refractivity contribution in [2.45, 2.75) is 6.61 Å². The Kier molecular flexibility index (Phi) is 4.82. The molecule has 0 amide bonds. The lowest BCUT2D eigenvalue weighted by Gasteiger charge is -2.21. The van der Waals surface area contributed by atoms with Crippen LogP contribution in [0.25, 0.3) is 11.6 Å².